The van der Waals surface area contributed by atoms with Crippen LogP contribution in [0.25, 0.3) is 0 Å². The van der Waals surface area contributed by atoms with Crippen molar-refractivity contribution in [2.45, 2.75) is 187 Å². The number of ether oxygens (including phenoxy) is 2. The molecule has 0 saturated heterocycles. The van der Waals surface area contributed by atoms with Crippen molar-refractivity contribution in [1.29, 1.82) is 0 Å². The SMILES string of the molecule is CCCCCC=CCC=CCCCCCCCCCC(=O)OCC(COP(=O)(O)OCCN)OC(=O)CCCCCCCC=CCCCCCC. The van der Waals surface area contributed by atoms with Crippen molar-refractivity contribution in [3.8, 4) is 0 Å². The Hall–Kier alpha value is -1.77. The van der Waals surface area contributed by atoms with Crippen LogP contribution in [0.4, 0.5) is 0 Å². The number of phosphoric ester groups is 1. The summed E-state index contributed by atoms with van der Waals surface area (Å²) in [4.78, 5) is 34.8. The fourth-order valence-electron chi connectivity index (χ4n) is 5.42. The average molecular weight is 742 g/mol. The largest absolute Gasteiger partial charge is 0.472 e. The molecule has 298 valence electrons. The molecule has 0 amide bonds. The molecule has 0 aliphatic rings. The topological polar surface area (TPSA) is 134 Å². The van der Waals surface area contributed by atoms with Gasteiger partial charge in [0.15, 0.2) is 6.10 Å². The van der Waals surface area contributed by atoms with Gasteiger partial charge < -0.3 is 20.1 Å². The van der Waals surface area contributed by atoms with E-state index in [9.17, 15) is 19.0 Å². The van der Waals surface area contributed by atoms with Crippen LogP contribution in [0.1, 0.15) is 181 Å². The van der Waals surface area contributed by atoms with Crippen LogP contribution < -0.4 is 5.73 Å². The summed E-state index contributed by atoms with van der Waals surface area (Å²) in [7, 11) is -4.38. The predicted molar refractivity (Wildman–Crippen MR) is 210 cm³/mol. The van der Waals surface area contributed by atoms with Crippen molar-refractivity contribution in [3.05, 3.63) is 36.5 Å². The van der Waals surface area contributed by atoms with E-state index in [0.29, 0.717) is 6.42 Å². The molecule has 10 heteroatoms. The van der Waals surface area contributed by atoms with E-state index in [-0.39, 0.29) is 32.6 Å². The fourth-order valence-corrected chi connectivity index (χ4v) is 6.19. The van der Waals surface area contributed by atoms with Gasteiger partial charge in [-0.05, 0) is 70.6 Å². The Morgan fingerprint density at radius 2 is 1.02 bits per heavy atom. The van der Waals surface area contributed by atoms with Crippen molar-refractivity contribution in [1.82, 2.24) is 0 Å². The molecule has 0 aliphatic carbocycles. The first-order chi connectivity index (χ1) is 24.8. The highest BCUT2D eigenvalue weighted by Gasteiger charge is 2.25. The second kappa shape index (κ2) is 38.0. The second-order valence-corrected chi connectivity index (χ2v) is 14.9. The third kappa shape index (κ3) is 37.8. The zero-order valence-corrected chi connectivity index (χ0v) is 33.5. The molecule has 0 fully saturated rings. The van der Waals surface area contributed by atoms with Crippen LogP contribution in [-0.4, -0.2) is 49.3 Å². The normalized spacial score (nSPS) is 13.7. The van der Waals surface area contributed by atoms with Crippen molar-refractivity contribution in [2.24, 2.45) is 5.73 Å². The first-order valence-electron chi connectivity index (χ1n) is 20.5. The van der Waals surface area contributed by atoms with E-state index in [1.54, 1.807) is 0 Å². The summed E-state index contributed by atoms with van der Waals surface area (Å²) in [5.74, 6) is -0.848. The van der Waals surface area contributed by atoms with Crippen LogP contribution in [0.15, 0.2) is 36.5 Å². The van der Waals surface area contributed by atoms with E-state index in [4.69, 9.17) is 24.3 Å². The first-order valence-corrected chi connectivity index (χ1v) is 22.0. The number of rotatable bonds is 38. The van der Waals surface area contributed by atoms with E-state index in [1.165, 1.54) is 77.0 Å². The first kappa shape index (κ1) is 49.2. The molecule has 0 radical (unpaired) electrons. The fraction of sp³-hybridized carbons (Fsp3) is 0.805. The highest BCUT2D eigenvalue weighted by atomic mass is 31.2. The zero-order chi connectivity index (χ0) is 37.5. The lowest BCUT2D eigenvalue weighted by atomic mass is 10.1. The molecule has 0 aromatic carbocycles. The van der Waals surface area contributed by atoms with Gasteiger partial charge in [-0.1, -0.05) is 134 Å². The lowest BCUT2D eigenvalue weighted by molar-refractivity contribution is -0.161. The molecule has 9 nitrogen and oxygen atoms in total. The number of carbonyl (C=O) groups is 2. The third-order valence-corrected chi connectivity index (χ3v) is 9.48. The molecule has 0 aliphatic heterocycles. The van der Waals surface area contributed by atoms with Crippen LogP contribution in [0.5, 0.6) is 0 Å². The van der Waals surface area contributed by atoms with E-state index < -0.39 is 32.5 Å². The van der Waals surface area contributed by atoms with E-state index >= 15 is 0 Å². The molecular formula is C41H76NO8P. The smallest absolute Gasteiger partial charge is 0.462 e. The monoisotopic (exact) mass is 742 g/mol. The summed E-state index contributed by atoms with van der Waals surface area (Å²) in [5.41, 5.74) is 5.34. The molecule has 0 aromatic rings. The van der Waals surface area contributed by atoms with Crippen LogP contribution in [0.2, 0.25) is 0 Å². The zero-order valence-electron chi connectivity index (χ0n) is 32.6. The summed E-state index contributed by atoms with van der Waals surface area (Å²) in [5, 5.41) is 0. The molecule has 0 spiro atoms. The summed E-state index contributed by atoms with van der Waals surface area (Å²) < 4.78 is 32.7. The second-order valence-electron chi connectivity index (χ2n) is 13.5. The number of hydrogen-bond donors (Lipinski definition) is 2. The van der Waals surface area contributed by atoms with Gasteiger partial charge in [-0.25, -0.2) is 4.57 Å². The van der Waals surface area contributed by atoms with Gasteiger partial charge in [-0.3, -0.25) is 18.6 Å². The number of carbonyl (C=O) groups excluding carboxylic acids is 2. The Morgan fingerprint density at radius 1 is 0.588 bits per heavy atom. The van der Waals surface area contributed by atoms with Gasteiger partial charge in [0.05, 0.1) is 13.2 Å². The molecule has 0 bridgehead atoms. The van der Waals surface area contributed by atoms with Crippen molar-refractivity contribution in [2.75, 3.05) is 26.4 Å². The third-order valence-electron chi connectivity index (χ3n) is 8.50. The number of unbranched alkanes of at least 4 members (excludes halogenated alkanes) is 19. The highest BCUT2D eigenvalue weighted by molar-refractivity contribution is 7.47. The molecule has 3 N–H and O–H groups in total. The molecular weight excluding hydrogens is 665 g/mol. The Morgan fingerprint density at radius 3 is 1.55 bits per heavy atom. The minimum atomic E-state index is -4.38. The summed E-state index contributed by atoms with van der Waals surface area (Å²) in [6.07, 6.45) is 40.2. The molecule has 0 heterocycles. The Labute approximate surface area is 312 Å². The van der Waals surface area contributed by atoms with Crippen molar-refractivity contribution in [3.63, 3.8) is 0 Å². The van der Waals surface area contributed by atoms with Gasteiger partial charge >= 0.3 is 19.8 Å². The number of phosphoric acid groups is 1. The highest BCUT2D eigenvalue weighted by Crippen LogP contribution is 2.43. The quantitative estimate of drug-likeness (QED) is 0.0274. The van der Waals surface area contributed by atoms with E-state index in [1.807, 2.05) is 0 Å². The number of esters is 2. The average Bonchev–Trinajstić information content (AvgIpc) is 3.11. The molecule has 51 heavy (non-hydrogen) atoms. The maximum Gasteiger partial charge on any atom is 0.472 e. The maximum absolute atomic E-state index is 12.5. The number of hydrogen-bond acceptors (Lipinski definition) is 8. The standard InChI is InChI=1S/C41H76NO8P/c1-3-5-7-9-11-13-15-17-18-19-20-22-23-25-27-29-31-33-40(43)47-37-39(38-49-51(45,46)48-36-35-42)50-41(44)34-32-30-28-26-24-21-16-14-12-10-8-6-4-2/h11,13-14,16-18,39H,3-10,12,15,19-38,42H2,1-2H3,(H,45,46). The molecule has 0 rings (SSSR count). The Bertz CT molecular complexity index is 939. The van der Waals surface area contributed by atoms with Crippen LogP contribution in [-0.2, 0) is 32.7 Å². The number of allylic oxidation sites excluding steroid dienone is 6. The van der Waals surface area contributed by atoms with Gasteiger partial charge in [0.1, 0.15) is 6.61 Å². The number of nitrogens with two attached hydrogens (primary N) is 1. The maximum atomic E-state index is 12.5. The van der Waals surface area contributed by atoms with Gasteiger partial charge in [0.2, 0.25) is 0 Å². The lowest BCUT2D eigenvalue weighted by Gasteiger charge is -2.19. The Kier molecular flexibility index (Phi) is 36.7. The minimum Gasteiger partial charge on any atom is -0.462 e. The molecule has 0 saturated carbocycles. The van der Waals surface area contributed by atoms with Crippen molar-refractivity contribution < 1.29 is 37.6 Å². The van der Waals surface area contributed by atoms with Crippen LogP contribution in [0.3, 0.4) is 0 Å². The van der Waals surface area contributed by atoms with Gasteiger partial charge in [-0.15, -0.1) is 0 Å². The Balaban J connectivity index is 4.19. The summed E-state index contributed by atoms with van der Waals surface area (Å²) in [6.45, 7) is 3.67. The molecule has 0 aromatic heterocycles. The molecule has 2 atom stereocenters. The van der Waals surface area contributed by atoms with Crippen molar-refractivity contribution >= 4 is 19.8 Å². The molecule has 2 unspecified atom stereocenters. The lowest BCUT2D eigenvalue weighted by Crippen LogP contribution is -2.29. The summed E-state index contributed by atoms with van der Waals surface area (Å²) in [6, 6.07) is 0. The minimum absolute atomic E-state index is 0.0505. The van der Waals surface area contributed by atoms with E-state index in [2.05, 4.69) is 50.3 Å². The van der Waals surface area contributed by atoms with Gasteiger partial charge in [0.25, 0.3) is 0 Å². The van der Waals surface area contributed by atoms with Crippen LogP contribution >= 0.6 is 7.82 Å². The van der Waals surface area contributed by atoms with E-state index in [0.717, 1.165) is 70.6 Å². The summed E-state index contributed by atoms with van der Waals surface area (Å²) >= 11 is 0. The predicted octanol–water partition coefficient (Wildman–Crippen LogP) is 11.4. The van der Waals surface area contributed by atoms with Crippen LogP contribution in [0, 0.1) is 0 Å². The van der Waals surface area contributed by atoms with Gasteiger partial charge in [0, 0.05) is 19.4 Å². The van der Waals surface area contributed by atoms with Gasteiger partial charge in [-0.2, -0.15) is 0 Å².